The molecule has 2 N–H and O–H groups in total. The molecule has 0 spiro atoms. The van der Waals surface area contributed by atoms with Gasteiger partial charge in [-0.3, -0.25) is 14.8 Å². The van der Waals surface area contributed by atoms with Crippen molar-refractivity contribution < 1.29 is 18.8 Å². The van der Waals surface area contributed by atoms with E-state index in [0.717, 1.165) is 27.8 Å². The van der Waals surface area contributed by atoms with Crippen LogP contribution in [0.15, 0.2) is 67.1 Å². The number of aryl methyl sites for hydroxylation is 1. The average Bonchev–Trinajstić information content (AvgIpc) is 3.67. The predicted octanol–water partition coefficient (Wildman–Crippen LogP) is 3.79. The number of hydrogen-bond donors (Lipinski definition) is 2. The molecule has 4 aromatic heterocycles. The van der Waals surface area contributed by atoms with Gasteiger partial charge in [0.05, 0.1) is 30.2 Å². The monoisotopic (exact) mass is 571 g/mol. The first kappa shape index (κ1) is 27.4. The number of nitrogens with zero attached hydrogens (tertiary/aromatic N) is 7. The fourth-order valence-electron chi connectivity index (χ4n) is 5.10. The van der Waals surface area contributed by atoms with Gasteiger partial charge in [0, 0.05) is 56.2 Å². The predicted molar refractivity (Wildman–Crippen MR) is 153 cm³/mol. The van der Waals surface area contributed by atoms with E-state index in [1.165, 1.54) is 12.3 Å². The number of para-hydroxylation sites is 1. The average molecular weight is 572 g/mol. The maximum absolute atomic E-state index is 14.0. The Hall–Kier alpha value is -4.72. The molecule has 6 rings (SSSR count). The SMILES string of the molecule is COCCN1CC(NC(=O)Nc2c(C)c(-c3cnc4c(cnn4C)c3)nn2-c2ccccc2)[C@H](c2ccnc(F)c2)O1. The molecule has 1 aliphatic heterocycles. The van der Waals surface area contributed by atoms with Crippen molar-refractivity contribution in [3.63, 3.8) is 0 Å². The molecule has 1 unspecified atom stereocenters. The van der Waals surface area contributed by atoms with Crippen LogP contribution in [-0.2, 0) is 16.6 Å². The fraction of sp³-hybridized carbons (Fsp3) is 0.276. The van der Waals surface area contributed by atoms with Crippen molar-refractivity contribution in [1.82, 2.24) is 39.9 Å². The minimum atomic E-state index is -0.622. The second kappa shape index (κ2) is 11.6. The van der Waals surface area contributed by atoms with Gasteiger partial charge in [-0.15, -0.1) is 0 Å². The highest BCUT2D eigenvalue weighted by Crippen LogP contribution is 2.32. The molecule has 2 atom stereocenters. The summed E-state index contributed by atoms with van der Waals surface area (Å²) in [4.78, 5) is 27.8. The van der Waals surface area contributed by atoms with E-state index in [4.69, 9.17) is 14.7 Å². The van der Waals surface area contributed by atoms with Crippen LogP contribution in [0.2, 0.25) is 0 Å². The second-order valence-electron chi connectivity index (χ2n) is 10.00. The highest BCUT2D eigenvalue weighted by molar-refractivity contribution is 5.91. The number of nitrogens with one attached hydrogen (secondary N) is 2. The highest BCUT2D eigenvalue weighted by Gasteiger charge is 2.37. The lowest BCUT2D eigenvalue weighted by Crippen LogP contribution is -2.42. The van der Waals surface area contributed by atoms with E-state index in [9.17, 15) is 9.18 Å². The van der Waals surface area contributed by atoms with Crippen molar-refractivity contribution in [3.8, 4) is 16.9 Å². The van der Waals surface area contributed by atoms with Crippen LogP contribution in [0.4, 0.5) is 15.0 Å². The van der Waals surface area contributed by atoms with E-state index in [2.05, 4.69) is 25.7 Å². The Morgan fingerprint density at radius 2 is 2.00 bits per heavy atom. The van der Waals surface area contributed by atoms with E-state index in [1.54, 1.807) is 40.0 Å². The maximum Gasteiger partial charge on any atom is 0.320 e. The normalized spacial score (nSPS) is 17.1. The largest absolute Gasteiger partial charge is 0.383 e. The fourth-order valence-corrected chi connectivity index (χ4v) is 5.10. The highest BCUT2D eigenvalue weighted by atomic mass is 19.1. The van der Waals surface area contributed by atoms with Gasteiger partial charge in [0.2, 0.25) is 5.95 Å². The van der Waals surface area contributed by atoms with Gasteiger partial charge in [0.1, 0.15) is 11.9 Å². The van der Waals surface area contributed by atoms with E-state index >= 15 is 0 Å². The molecule has 1 aliphatic rings. The summed E-state index contributed by atoms with van der Waals surface area (Å²) < 4.78 is 22.5. The number of hydrogen-bond acceptors (Lipinski definition) is 8. The van der Waals surface area contributed by atoms with Crippen LogP contribution in [0, 0.1) is 12.9 Å². The molecule has 12 nitrogen and oxygen atoms in total. The maximum atomic E-state index is 14.0. The number of hydroxylamine groups is 2. The van der Waals surface area contributed by atoms with Crippen molar-refractivity contribution in [2.24, 2.45) is 7.05 Å². The number of rotatable bonds is 8. The Balaban J connectivity index is 1.30. The van der Waals surface area contributed by atoms with E-state index in [-0.39, 0.29) is 0 Å². The lowest BCUT2D eigenvalue weighted by molar-refractivity contribution is -0.154. The molecule has 42 heavy (non-hydrogen) atoms. The van der Waals surface area contributed by atoms with E-state index in [0.29, 0.717) is 36.8 Å². The molecule has 2 amide bonds. The molecule has 1 saturated heterocycles. The summed E-state index contributed by atoms with van der Waals surface area (Å²) >= 11 is 0. The smallest absolute Gasteiger partial charge is 0.320 e. The van der Waals surface area contributed by atoms with E-state index in [1.807, 2.05) is 50.4 Å². The number of ether oxygens (including phenoxy) is 1. The Bertz CT molecular complexity index is 1720. The molecule has 13 heteroatoms. The summed E-state index contributed by atoms with van der Waals surface area (Å²) in [5.74, 6) is -0.120. The first-order valence-corrected chi connectivity index (χ1v) is 13.4. The third kappa shape index (κ3) is 5.44. The van der Waals surface area contributed by atoms with Crippen molar-refractivity contribution in [2.75, 3.05) is 32.1 Å². The van der Waals surface area contributed by atoms with Crippen molar-refractivity contribution in [1.29, 1.82) is 0 Å². The summed E-state index contributed by atoms with van der Waals surface area (Å²) in [7, 11) is 3.44. The Labute approximate surface area is 241 Å². The number of anilines is 1. The molecular formula is C29H30FN9O3. The van der Waals surface area contributed by atoms with E-state index < -0.39 is 24.1 Å². The van der Waals surface area contributed by atoms with Crippen molar-refractivity contribution >= 4 is 22.9 Å². The number of benzene rings is 1. The third-order valence-corrected chi connectivity index (χ3v) is 7.17. The van der Waals surface area contributed by atoms with Gasteiger partial charge in [-0.25, -0.2) is 19.4 Å². The summed E-state index contributed by atoms with van der Waals surface area (Å²) in [6.45, 7) is 3.20. The molecule has 0 aliphatic carbocycles. The lowest BCUT2D eigenvalue weighted by atomic mass is 10.0. The quantitative estimate of drug-likeness (QED) is 0.270. The molecule has 5 heterocycles. The number of carbonyl (C=O) groups excluding carboxylic acids is 1. The summed E-state index contributed by atoms with van der Waals surface area (Å²) in [5.41, 5.74) is 4.34. The number of halogens is 1. The molecular weight excluding hydrogens is 541 g/mol. The van der Waals surface area contributed by atoms with Crippen LogP contribution in [-0.4, -0.2) is 73.5 Å². The number of carbonyl (C=O) groups is 1. The first-order valence-electron chi connectivity index (χ1n) is 13.4. The van der Waals surface area contributed by atoms with Crippen LogP contribution in [0.3, 0.4) is 0 Å². The van der Waals surface area contributed by atoms with Crippen LogP contribution in [0.25, 0.3) is 28.0 Å². The molecule has 0 saturated carbocycles. The summed E-state index contributed by atoms with van der Waals surface area (Å²) in [6, 6.07) is 13.6. The van der Waals surface area contributed by atoms with Gasteiger partial charge in [-0.2, -0.15) is 19.7 Å². The molecule has 1 fully saturated rings. The standard InChI is InChI=1S/C29H30FN9O3/c1-18-25(20-13-21-16-33-37(2)28(21)32-15-20)36-39(22-7-5-4-6-8-22)27(18)35-29(40)34-23-17-38(11-12-41-3)42-26(23)19-9-10-31-24(30)14-19/h4-10,13-16,23,26H,11-12,17H2,1-3H3,(H2,34,35,40)/t23?,26-/m0/s1. The number of methoxy groups -OCH3 is 1. The van der Waals surface area contributed by atoms with Crippen LogP contribution in [0.5, 0.6) is 0 Å². The van der Waals surface area contributed by atoms with Gasteiger partial charge in [-0.1, -0.05) is 18.2 Å². The van der Waals surface area contributed by atoms with Gasteiger partial charge in [0.25, 0.3) is 0 Å². The minimum absolute atomic E-state index is 0.379. The Morgan fingerprint density at radius 1 is 1.17 bits per heavy atom. The number of amides is 2. The number of fused-ring (bicyclic) bond motifs is 1. The topological polar surface area (TPSA) is 124 Å². The molecule has 0 radical (unpaired) electrons. The molecule has 0 bridgehead atoms. The lowest BCUT2D eigenvalue weighted by Gasteiger charge is -2.19. The Morgan fingerprint density at radius 3 is 2.79 bits per heavy atom. The van der Waals surface area contributed by atoms with Crippen LogP contribution < -0.4 is 10.6 Å². The van der Waals surface area contributed by atoms with Crippen LogP contribution >= 0.6 is 0 Å². The second-order valence-corrected chi connectivity index (χ2v) is 10.00. The summed E-state index contributed by atoms with van der Waals surface area (Å²) in [5, 5.41) is 17.8. The number of aromatic nitrogens is 6. The van der Waals surface area contributed by atoms with Crippen LogP contribution in [0.1, 0.15) is 17.2 Å². The molecule has 216 valence electrons. The van der Waals surface area contributed by atoms with Crippen molar-refractivity contribution in [2.45, 2.75) is 19.1 Å². The zero-order chi connectivity index (χ0) is 29.2. The van der Waals surface area contributed by atoms with Gasteiger partial charge in [0.15, 0.2) is 5.65 Å². The van der Waals surface area contributed by atoms with Crippen molar-refractivity contribution in [3.05, 3.63) is 84.2 Å². The first-order chi connectivity index (χ1) is 20.4. The van der Waals surface area contributed by atoms with Gasteiger partial charge in [-0.05, 0) is 42.8 Å². The number of pyridine rings is 2. The zero-order valence-electron chi connectivity index (χ0n) is 23.4. The third-order valence-electron chi connectivity index (χ3n) is 7.17. The minimum Gasteiger partial charge on any atom is -0.383 e. The van der Waals surface area contributed by atoms with Gasteiger partial charge >= 0.3 is 6.03 Å². The molecule has 1 aromatic carbocycles. The molecule has 5 aromatic rings. The Kier molecular flexibility index (Phi) is 7.61. The number of urea groups is 1. The summed E-state index contributed by atoms with van der Waals surface area (Å²) in [6.07, 6.45) is 4.27. The zero-order valence-corrected chi connectivity index (χ0v) is 23.4. The van der Waals surface area contributed by atoms with Gasteiger partial charge < -0.3 is 10.1 Å².